The summed E-state index contributed by atoms with van der Waals surface area (Å²) in [7, 11) is 0. The van der Waals surface area contributed by atoms with Crippen LogP contribution in [0, 0.1) is 19.7 Å². The van der Waals surface area contributed by atoms with Gasteiger partial charge in [-0.2, -0.15) is 0 Å². The third kappa shape index (κ3) is 4.90. The Morgan fingerprint density at radius 3 is 2.46 bits per heavy atom. The van der Waals surface area contributed by atoms with E-state index in [1.807, 2.05) is 43.0 Å². The summed E-state index contributed by atoms with van der Waals surface area (Å²) in [5.74, 6) is 0.555. The van der Waals surface area contributed by atoms with E-state index in [1.54, 1.807) is 0 Å². The molecule has 1 amide bonds. The second kappa shape index (κ2) is 8.74. The highest BCUT2D eigenvalue weighted by Crippen LogP contribution is 2.21. The number of ether oxygens (including phenoxy) is 1. The molecule has 2 aromatic rings. The number of hydrogen-bond acceptors (Lipinski definition) is 3. The fourth-order valence-corrected chi connectivity index (χ4v) is 3.77. The highest BCUT2D eigenvalue weighted by atomic mass is 19.1. The maximum atomic E-state index is 13.1. The van der Waals surface area contributed by atoms with Gasteiger partial charge >= 0.3 is 0 Å². The molecular formula is C23H29FN2O2. The molecule has 1 aliphatic rings. The molecule has 0 spiro atoms. The van der Waals surface area contributed by atoms with Crippen LogP contribution in [0.25, 0.3) is 0 Å². The molecule has 0 unspecified atom stereocenters. The molecule has 150 valence electrons. The Hall–Kier alpha value is -2.40. The van der Waals surface area contributed by atoms with Crippen LogP contribution < -0.4 is 4.74 Å². The second-order valence-corrected chi connectivity index (χ2v) is 7.86. The summed E-state index contributed by atoms with van der Waals surface area (Å²) in [6, 6.07) is 12.9. The molecule has 1 fully saturated rings. The van der Waals surface area contributed by atoms with Crippen molar-refractivity contribution in [2.75, 3.05) is 19.7 Å². The van der Waals surface area contributed by atoms with Crippen LogP contribution in [0.3, 0.4) is 0 Å². The summed E-state index contributed by atoms with van der Waals surface area (Å²) < 4.78 is 18.9. The van der Waals surface area contributed by atoms with Gasteiger partial charge in [0.25, 0.3) is 5.91 Å². The van der Waals surface area contributed by atoms with Crippen molar-refractivity contribution in [2.45, 2.75) is 46.3 Å². The minimum absolute atomic E-state index is 0.0146. The molecule has 28 heavy (non-hydrogen) atoms. The first kappa shape index (κ1) is 20.3. The van der Waals surface area contributed by atoms with Gasteiger partial charge in [0.15, 0.2) is 6.61 Å². The summed E-state index contributed by atoms with van der Waals surface area (Å²) in [5.41, 5.74) is 3.30. The fraction of sp³-hybridized carbons (Fsp3) is 0.435. The van der Waals surface area contributed by atoms with E-state index >= 15 is 0 Å². The van der Waals surface area contributed by atoms with Crippen LogP contribution in [-0.4, -0.2) is 47.5 Å². The Morgan fingerprint density at radius 1 is 1.07 bits per heavy atom. The standard InChI is InChI=1S/C23H29FN2O2/c1-16-5-10-22(17(2)11-16)28-15-23(27)26-13-18(3)25(12-19(26)4)14-20-6-8-21(24)9-7-20/h5-11,18-19H,12-15H2,1-4H3/t18-,19+/m0/s1. The minimum Gasteiger partial charge on any atom is -0.484 e. The van der Waals surface area contributed by atoms with Crippen LogP contribution in [0.5, 0.6) is 5.75 Å². The molecule has 1 saturated heterocycles. The molecule has 0 radical (unpaired) electrons. The minimum atomic E-state index is -0.218. The molecule has 0 aromatic heterocycles. The third-order valence-corrected chi connectivity index (χ3v) is 5.42. The van der Waals surface area contributed by atoms with E-state index in [9.17, 15) is 9.18 Å². The van der Waals surface area contributed by atoms with E-state index in [0.717, 1.165) is 30.0 Å². The first-order valence-corrected chi connectivity index (χ1v) is 9.81. The topological polar surface area (TPSA) is 32.8 Å². The first-order chi connectivity index (χ1) is 13.3. The largest absolute Gasteiger partial charge is 0.484 e. The van der Waals surface area contributed by atoms with Crippen LogP contribution in [0.15, 0.2) is 42.5 Å². The number of carbonyl (C=O) groups is 1. The number of halogens is 1. The van der Waals surface area contributed by atoms with Gasteiger partial charge in [-0.3, -0.25) is 9.69 Å². The molecule has 4 nitrogen and oxygen atoms in total. The molecule has 0 N–H and O–H groups in total. The summed E-state index contributed by atoms with van der Waals surface area (Å²) in [6.07, 6.45) is 0. The van der Waals surface area contributed by atoms with Crippen LogP contribution in [0.2, 0.25) is 0 Å². The van der Waals surface area contributed by atoms with Crippen molar-refractivity contribution in [1.82, 2.24) is 9.80 Å². The van der Waals surface area contributed by atoms with Crippen molar-refractivity contribution in [3.8, 4) is 5.75 Å². The monoisotopic (exact) mass is 384 g/mol. The molecule has 1 aliphatic heterocycles. The van der Waals surface area contributed by atoms with Crippen molar-refractivity contribution in [2.24, 2.45) is 0 Å². The zero-order valence-corrected chi connectivity index (χ0v) is 17.1. The smallest absolute Gasteiger partial charge is 0.260 e. The summed E-state index contributed by atoms with van der Waals surface area (Å²) in [6.45, 7) is 10.5. The van der Waals surface area contributed by atoms with Gasteiger partial charge in [-0.25, -0.2) is 4.39 Å². The van der Waals surface area contributed by atoms with Crippen molar-refractivity contribution in [3.05, 3.63) is 65.0 Å². The lowest BCUT2D eigenvalue weighted by Crippen LogP contribution is -2.58. The van der Waals surface area contributed by atoms with Crippen molar-refractivity contribution in [3.63, 3.8) is 0 Å². The zero-order chi connectivity index (χ0) is 20.3. The van der Waals surface area contributed by atoms with Gasteiger partial charge in [0.2, 0.25) is 0 Å². The van der Waals surface area contributed by atoms with Crippen LogP contribution in [0.4, 0.5) is 4.39 Å². The third-order valence-electron chi connectivity index (χ3n) is 5.42. The molecular weight excluding hydrogens is 355 g/mol. The Bertz CT molecular complexity index is 822. The average Bonchev–Trinajstić information content (AvgIpc) is 2.65. The van der Waals surface area contributed by atoms with E-state index in [2.05, 4.69) is 24.8 Å². The van der Waals surface area contributed by atoms with E-state index in [0.29, 0.717) is 6.54 Å². The van der Waals surface area contributed by atoms with Gasteiger partial charge in [-0.15, -0.1) is 0 Å². The zero-order valence-electron chi connectivity index (χ0n) is 17.1. The number of piperazine rings is 1. The van der Waals surface area contributed by atoms with Crippen molar-refractivity contribution >= 4 is 5.91 Å². The van der Waals surface area contributed by atoms with Crippen molar-refractivity contribution < 1.29 is 13.9 Å². The fourth-order valence-electron chi connectivity index (χ4n) is 3.77. The van der Waals surface area contributed by atoms with Crippen LogP contribution in [0.1, 0.15) is 30.5 Å². The van der Waals surface area contributed by atoms with Gasteiger partial charge in [0, 0.05) is 31.7 Å². The summed E-state index contributed by atoms with van der Waals surface area (Å²) in [5, 5.41) is 0. The number of benzene rings is 2. The number of hydrogen-bond donors (Lipinski definition) is 0. The van der Waals surface area contributed by atoms with Crippen LogP contribution in [-0.2, 0) is 11.3 Å². The molecule has 0 bridgehead atoms. The predicted molar refractivity (Wildman–Crippen MR) is 109 cm³/mol. The lowest BCUT2D eigenvalue weighted by Gasteiger charge is -2.44. The number of amides is 1. The first-order valence-electron chi connectivity index (χ1n) is 9.81. The molecule has 1 heterocycles. The van der Waals surface area contributed by atoms with Gasteiger partial charge in [-0.1, -0.05) is 29.8 Å². The number of rotatable bonds is 5. The predicted octanol–water partition coefficient (Wildman–Crippen LogP) is 3.94. The normalized spacial score (nSPS) is 20.2. The second-order valence-electron chi connectivity index (χ2n) is 7.86. The lowest BCUT2D eigenvalue weighted by molar-refractivity contribution is -0.139. The van der Waals surface area contributed by atoms with E-state index in [1.165, 1.54) is 17.7 Å². The summed E-state index contributed by atoms with van der Waals surface area (Å²) in [4.78, 5) is 17.0. The number of aryl methyl sites for hydroxylation is 2. The highest BCUT2D eigenvalue weighted by molar-refractivity contribution is 5.78. The van der Waals surface area contributed by atoms with Crippen LogP contribution >= 0.6 is 0 Å². The highest BCUT2D eigenvalue weighted by Gasteiger charge is 2.32. The molecule has 2 atom stereocenters. The molecule has 3 rings (SSSR count). The van der Waals surface area contributed by atoms with E-state index in [-0.39, 0.29) is 30.4 Å². The Morgan fingerprint density at radius 2 is 1.79 bits per heavy atom. The SMILES string of the molecule is Cc1ccc(OCC(=O)N2C[C@H](C)N(Cc3ccc(F)cc3)C[C@H]2C)c(C)c1. The Labute approximate surface area is 166 Å². The maximum Gasteiger partial charge on any atom is 0.260 e. The number of carbonyl (C=O) groups excluding carboxylic acids is 1. The van der Waals surface area contributed by atoms with Crippen molar-refractivity contribution in [1.29, 1.82) is 0 Å². The Balaban J connectivity index is 1.57. The molecule has 0 saturated carbocycles. The van der Waals surface area contributed by atoms with E-state index < -0.39 is 0 Å². The number of nitrogens with zero attached hydrogens (tertiary/aromatic N) is 2. The van der Waals surface area contributed by atoms with Gasteiger partial charge in [-0.05, 0) is 57.0 Å². The maximum absolute atomic E-state index is 13.1. The van der Waals surface area contributed by atoms with Gasteiger partial charge in [0.1, 0.15) is 11.6 Å². The van der Waals surface area contributed by atoms with E-state index in [4.69, 9.17) is 4.74 Å². The van der Waals surface area contributed by atoms with Gasteiger partial charge < -0.3 is 9.64 Å². The average molecular weight is 384 g/mol. The molecule has 2 aromatic carbocycles. The van der Waals surface area contributed by atoms with Gasteiger partial charge in [0.05, 0.1) is 0 Å². The Kier molecular flexibility index (Phi) is 6.35. The molecule has 0 aliphatic carbocycles. The molecule has 5 heteroatoms. The summed E-state index contributed by atoms with van der Waals surface area (Å²) >= 11 is 0. The lowest BCUT2D eigenvalue weighted by atomic mass is 10.1. The quantitative estimate of drug-likeness (QED) is 0.783.